The molecule has 1 unspecified atom stereocenters. The molecule has 0 radical (unpaired) electrons. The summed E-state index contributed by atoms with van der Waals surface area (Å²) in [5.74, 6) is -1.74. The number of aliphatic hydroxyl groups excluding tert-OH is 1. The van der Waals surface area contributed by atoms with Crippen molar-refractivity contribution in [1.29, 1.82) is 5.41 Å². The van der Waals surface area contributed by atoms with Crippen LogP contribution in [0.3, 0.4) is 0 Å². The Morgan fingerprint density at radius 2 is 1.76 bits per heavy atom. The number of ketones is 1. The number of ether oxygens (including phenoxy) is 1. The minimum absolute atomic E-state index is 0. The molecule has 1 aromatic heterocycles. The molecule has 0 spiro atoms. The zero-order chi connectivity index (χ0) is 28.3. The van der Waals surface area contributed by atoms with Crippen molar-refractivity contribution in [3.63, 3.8) is 0 Å². The van der Waals surface area contributed by atoms with Crippen LogP contribution in [-0.4, -0.2) is 65.3 Å². The van der Waals surface area contributed by atoms with E-state index in [2.05, 4.69) is 54.3 Å². The molecule has 1 aromatic carbocycles. The Morgan fingerprint density at radius 1 is 1.19 bits per heavy atom. The van der Waals surface area contributed by atoms with E-state index in [9.17, 15) is 19.2 Å². The van der Waals surface area contributed by atoms with E-state index in [1.54, 1.807) is 20.8 Å². The van der Waals surface area contributed by atoms with Gasteiger partial charge in [0.05, 0.1) is 12.8 Å². The van der Waals surface area contributed by atoms with Crippen LogP contribution in [0.25, 0.3) is 10.9 Å². The number of benzene rings is 1. The van der Waals surface area contributed by atoms with E-state index in [0.717, 1.165) is 7.11 Å². The number of nitrogens with zero attached hydrogens (tertiary/aromatic N) is 1. The topological polar surface area (TPSA) is 151 Å². The standard InChI is InChI=1S/C13H20N3O5.C10H11N.C2H6.CH4O.Fm/c1-13(2,3)21-12(20)10(5-4-9(18)6-14)16-11(19)7-15-8-17;1-8-7-11(2)10-6-4-3-5-9(8)10;2*1-2;/h6,10,14H,4-5,7H2,1-3H3,(H,15,17)(H,16,19);3-7H,1-2H3;1-2H3;2H,1H3;/q-1;;;;. The third-order valence-electron chi connectivity index (χ3n) is 4.28. The number of aromatic nitrogens is 1. The van der Waals surface area contributed by atoms with Gasteiger partial charge in [-0.1, -0.05) is 32.0 Å². The molecular weight excluding hydrogens is 721 g/mol. The summed E-state index contributed by atoms with van der Waals surface area (Å²) < 4.78 is 7.31. The van der Waals surface area contributed by atoms with Gasteiger partial charge in [0.25, 0.3) is 0 Å². The van der Waals surface area contributed by atoms with Gasteiger partial charge in [-0.3, -0.25) is 9.59 Å². The number of rotatable bonds is 9. The number of hydrogen-bond acceptors (Lipinski definition) is 7. The number of carbonyl (C=O) groups is 3. The first kappa shape index (κ1) is 37.0. The Morgan fingerprint density at radius 3 is 2.24 bits per heavy atom. The summed E-state index contributed by atoms with van der Waals surface area (Å²) in [7, 11) is 3.08. The van der Waals surface area contributed by atoms with Gasteiger partial charge in [0.1, 0.15) is 11.6 Å². The summed E-state index contributed by atoms with van der Waals surface area (Å²) in [5, 5.41) is 19.6. The summed E-state index contributed by atoms with van der Waals surface area (Å²) in [5.41, 5.74) is 1.92. The molecule has 1 atom stereocenters. The van der Waals surface area contributed by atoms with Crippen molar-refractivity contribution in [3.05, 3.63) is 36.0 Å². The van der Waals surface area contributed by atoms with Crippen LogP contribution < -0.4 is 10.6 Å². The van der Waals surface area contributed by atoms with Crippen molar-refractivity contribution in [2.24, 2.45) is 7.05 Å². The van der Waals surface area contributed by atoms with Crippen LogP contribution in [0.15, 0.2) is 30.5 Å². The fraction of sp³-hybridized carbons (Fsp3) is 0.500. The molecule has 2 amide bonds. The monoisotopic (exact) mass is 762 g/mol. The molecule has 2 aromatic rings. The van der Waals surface area contributed by atoms with E-state index in [0.29, 0.717) is 6.21 Å². The number of amides is 2. The van der Waals surface area contributed by atoms with Crippen LogP contribution in [0.2, 0.25) is 0 Å². The minimum atomic E-state index is -1.02. The molecule has 0 fully saturated rings. The fourth-order valence-corrected chi connectivity index (χ4v) is 2.89. The summed E-state index contributed by atoms with van der Waals surface area (Å²) in [6, 6.07) is 7.43. The van der Waals surface area contributed by atoms with Crippen LogP contribution in [0.5, 0.6) is 0 Å². The van der Waals surface area contributed by atoms with E-state index in [4.69, 9.17) is 15.3 Å². The molecule has 0 bridgehead atoms. The van der Waals surface area contributed by atoms with Gasteiger partial charge in [-0.15, -0.1) is 0 Å². The van der Waals surface area contributed by atoms with E-state index in [1.165, 1.54) is 22.9 Å². The molecule has 0 saturated carbocycles. The normalized spacial score (nSPS) is 10.3. The number of nitrogens with one attached hydrogen (secondary N) is 3. The summed E-state index contributed by atoms with van der Waals surface area (Å²) in [4.78, 5) is 44.6. The smallest absolute Gasteiger partial charge is 0.329 e. The number of esters is 1. The van der Waals surface area contributed by atoms with Crippen molar-refractivity contribution in [2.45, 2.75) is 66.0 Å². The van der Waals surface area contributed by atoms with E-state index >= 15 is 0 Å². The molecule has 0 aliphatic rings. The number of hydrogen-bond donors (Lipinski definition) is 4. The zero-order valence-corrected chi connectivity index (χ0v) is 25.3. The van der Waals surface area contributed by atoms with Crippen LogP contribution in [0.1, 0.15) is 53.0 Å². The molecule has 10 nitrogen and oxygen atoms in total. The average molecular weight is 763 g/mol. The first-order valence-corrected chi connectivity index (χ1v) is 11.6. The fourth-order valence-electron chi connectivity index (χ4n) is 2.89. The van der Waals surface area contributed by atoms with Gasteiger partial charge in [-0.2, -0.15) is 6.41 Å². The van der Waals surface area contributed by atoms with Gasteiger partial charge in [-0.25, -0.2) is 4.79 Å². The van der Waals surface area contributed by atoms with Gasteiger partial charge in [0, 0.05) is 37.7 Å². The van der Waals surface area contributed by atoms with E-state index in [-0.39, 0.29) is 19.4 Å². The SMILES string of the molecule is CC.CC(C)(C)OC(=O)C(CCC(=O)C=N)NC(=O)CN[C-]=O.CO.Cc1cn(C)c2ccccc12.[Fm]. The minimum Gasteiger partial charge on any atom is -0.522 e. The van der Waals surface area contributed by atoms with Crippen molar-refractivity contribution in [1.82, 2.24) is 15.2 Å². The summed E-state index contributed by atoms with van der Waals surface area (Å²) in [6.45, 7) is 10.8. The number of Topliss-reactive ketones (excluding diaryl/α,β-unsaturated/α-hetero) is 1. The van der Waals surface area contributed by atoms with Crippen molar-refractivity contribution in [3.8, 4) is 0 Å². The molecule has 1 heterocycles. The predicted octanol–water partition coefficient (Wildman–Crippen LogP) is 2.59. The Balaban J connectivity index is -0.000000601. The largest absolute Gasteiger partial charge is 0.522 e. The van der Waals surface area contributed by atoms with Crippen molar-refractivity contribution < 1.29 is 29.0 Å². The van der Waals surface area contributed by atoms with Gasteiger partial charge < -0.3 is 35.2 Å². The van der Waals surface area contributed by atoms with Crippen LogP contribution in [-0.2, 0) is 31.0 Å². The van der Waals surface area contributed by atoms with Crippen LogP contribution >= 0.6 is 0 Å². The second kappa shape index (κ2) is 19.7. The molecule has 11 heteroatoms. The number of aryl methyl sites for hydroxylation is 2. The second-order valence-corrected chi connectivity index (χ2v) is 8.20. The second-order valence-electron chi connectivity index (χ2n) is 8.20. The summed E-state index contributed by atoms with van der Waals surface area (Å²) >= 11 is 0. The van der Waals surface area contributed by atoms with E-state index < -0.39 is 29.3 Å². The zero-order valence-electron chi connectivity index (χ0n) is 22.9. The molecule has 214 valence electrons. The third kappa shape index (κ3) is 15.2. The molecule has 0 saturated heterocycles. The first-order chi connectivity index (χ1) is 17.0. The maximum absolute atomic E-state index is 12.0. The molecule has 0 aliphatic heterocycles. The van der Waals surface area contributed by atoms with Gasteiger partial charge in [-0.05, 0) is 45.7 Å². The molecule has 2 rings (SSSR count). The number of para-hydroxylation sites is 1. The van der Waals surface area contributed by atoms with Crippen LogP contribution in [0.4, 0.5) is 0 Å². The number of aliphatic hydroxyl groups is 1. The van der Waals surface area contributed by atoms with Crippen molar-refractivity contribution >= 4 is 41.2 Å². The maximum Gasteiger partial charge on any atom is 0.329 e. The molecule has 37 heavy (non-hydrogen) atoms. The maximum atomic E-state index is 12.0. The van der Waals surface area contributed by atoms with E-state index in [1.807, 2.05) is 19.2 Å². The van der Waals surface area contributed by atoms with Crippen molar-refractivity contribution in [2.75, 3.05) is 13.7 Å². The van der Waals surface area contributed by atoms with Gasteiger partial charge in [0.15, 0.2) is 5.78 Å². The predicted molar refractivity (Wildman–Crippen MR) is 142 cm³/mol. The summed E-state index contributed by atoms with van der Waals surface area (Å²) in [6.07, 6.45) is 4.09. The first-order valence-electron chi connectivity index (χ1n) is 11.6. The quantitative estimate of drug-likeness (QED) is 0.134. The average Bonchev–Trinajstić information content (AvgIpc) is 3.15. The Kier molecular flexibility index (Phi) is 19.8. The molecule has 0 aliphatic carbocycles. The third-order valence-corrected chi connectivity index (χ3v) is 4.28. The Labute approximate surface area is 213 Å². The number of fused-ring (bicyclic) bond motifs is 1. The Bertz CT molecular complexity index is 934. The van der Waals surface area contributed by atoms with Gasteiger partial charge >= 0.3 is 5.97 Å². The molecule has 4 N–H and O–H groups in total. The van der Waals surface area contributed by atoms with Crippen LogP contribution in [0, 0.1) is 12.3 Å². The number of carbonyl (C=O) groups excluding carboxylic acids is 4. The Hall–Kier alpha value is -4.53. The molecular formula is C26H41FmN4O6-. The van der Waals surface area contributed by atoms with Gasteiger partial charge in [0.2, 0.25) is 5.91 Å².